The van der Waals surface area contributed by atoms with Crippen LogP contribution < -0.4 is 10.1 Å². The normalized spacial score (nSPS) is 13.1. The Kier molecular flexibility index (Phi) is 6.49. The standard InChI is InChI=1S/C17H17Cl4NO2/c1-10(2)9-15(23)22-16(17(19,20)21)24-14-8-7-13(18)11-5-3-4-6-12(11)14/h3-8,10,16H,9H2,1-2H3,(H,22,23). The maximum atomic E-state index is 12.0. The number of carbonyl (C=O) groups is 1. The Balaban J connectivity index is 2.30. The zero-order valence-electron chi connectivity index (χ0n) is 13.2. The van der Waals surface area contributed by atoms with E-state index < -0.39 is 10.0 Å². The van der Waals surface area contributed by atoms with Crippen LogP contribution in [0.1, 0.15) is 20.3 Å². The molecule has 7 heteroatoms. The van der Waals surface area contributed by atoms with Crippen molar-refractivity contribution in [1.82, 2.24) is 5.32 Å². The number of halogens is 4. The first-order chi connectivity index (χ1) is 11.2. The molecule has 2 aromatic rings. The number of fused-ring (bicyclic) bond motifs is 1. The lowest BCUT2D eigenvalue weighted by Gasteiger charge is -2.27. The number of alkyl halides is 3. The van der Waals surface area contributed by atoms with Crippen LogP contribution in [0.4, 0.5) is 0 Å². The van der Waals surface area contributed by atoms with Gasteiger partial charge in [-0.2, -0.15) is 0 Å². The van der Waals surface area contributed by atoms with E-state index in [-0.39, 0.29) is 11.8 Å². The second-order valence-corrected chi connectivity index (χ2v) is 8.57. The van der Waals surface area contributed by atoms with Crippen molar-refractivity contribution in [2.24, 2.45) is 5.92 Å². The third-order valence-corrected chi connectivity index (χ3v) is 4.18. The minimum absolute atomic E-state index is 0.178. The van der Waals surface area contributed by atoms with Crippen molar-refractivity contribution in [3.63, 3.8) is 0 Å². The molecular formula is C17H17Cl4NO2. The van der Waals surface area contributed by atoms with Crippen LogP contribution in [0, 0.1) is 5.92 Å². The fourth-order valence-corrected chi connectivity index (χ4v) is 2.74. The molecule has 2 rings (SSSR count). The fraction of sp³-hybridized carbons (Fsp3) is 0.353. The molecule has 1 atom stereocenters. The van der Waals surface area contributed by atoms with Gasteiger partial charge in [0.15, 0.2) is 0 Å². The van der Waals surface area contributed by atoms with E-state index in [1.165, 1.54) is 0 Å². The Labute approximate surface area is 161 Å². The molecule has 0 radical (unpaired) electrons. The van der Waals surface area contributed by atoms with Gasteiger partial charge in [-0.1, -0.05) is 84.5 Å². The van der Waals surface area contributed by atoms with E-state index in [0.29, 0.717) is 17.2 Å². The van der Waals surface area contributed by atoms with Gasteiger partial charge >= 0.3 is 0 Å². The third kappa shape index (κ3) is 5.06. The minimum Gasteiger partial charge on any atom is -0.465 e. The summed E-state index contributed by atoms with van der Waals surface area (Å²) >= 11 is 24.1. The van der Waals surface area contributed by atoms with Crippen LogP contribution in [-0.4, -0.2) is 15.9 Å². The van der Waals surface area contributed by atoms with Crippen LogP contribution >= 0.6 is 46.4 Å². The van der Waals surface area contributed by atoms with Gasteiger partial charge in [-0.05, 0) is 18.1 Å². The number of hydrogen-bond donors (Lipinski definition) is 1. The highest BCUT2D eigenvalue weighted by molar-refractivity contribution is 6.68. The van der Waals surface area contributed by atoms with E-state index in [9.17, 15) is 4.79 Å². The molecule has 130 valence electrons. The Morgan fingerprint density at radius 1 is 1.12 bits per heavy atom. The lowest BCUT2D eigenvalue weighted by atomic mass is 10.1. The number of nitrogens with one attached hydrogen (secondary N) is 1. The molecule has 1 amide bonds. The summed E-state index contributed by atoms with van der Waals surface area (Å²) in [5.74, 6) is 0.396. The van der Waals surface area contributed by atoms with Crippen LogP contribution in [0.2, 0.25) is 5.02 Å². The van der Waals surface area contributed by atoms with Gasteiger partial charge in [-0.25, -0.2) is 0 Å². The number of amides is 1. The Morgan fingerprint density at radius 2 is 1.75 bits per heavy atom. The maximum Gasteiger partial charge on any atom is 0.246 e. The average molecular weight is 409 g/mol. The summed E-state index contributed by atoms with van der Waals surface area (Å²) in [6.45, 7) is 3.86. The summed E-state index contributed by atoms with van der Waals surface area (Å²) in [6, 6.07) is 10.8. The number of benzene rings is 2. The van der Waals surface area contributed by atoms with E-state index in [1.807, 2.05) is 38.1 Å². The van der Waals surface area contributed by atoms with E-state index in [2.05, 4.69) is 5.32 Å². The molecular weight excluding hydrogens is 392 g/mol. The predicted molar refractivity (Wildman–Crippen MR) is 101 cm³/mol. The number of rotatable bonds is 5. The summed E-state index contributed by atoms with van der Waals surface area (Å²) in [5.41, 5.74) is 0. The maximum absolute atomic E-state index is 12.0. The van der Waals surface area contributed by atoms with E-state index in [4.69, 9.17) is 51.1 Å². The van der Waals surface area contributed by atoms with E-state index in [0.717, 1.165) is 10.8 Å². The van der Waals surface area contributed by atoms with Crippen molar-refractivity contribution in [2.45, 2.75) is 30.3 Å². The van der Waals surface area contributed by atoms with Crippen LogP contribution in [0.25, 0.3) is 10.8 Å². The quantitative estimate of drug-likeness (QED) is 0.506. The van der Waals surface area contributed by atoms with E-state index >= 15 is 0 Å². The molecule has 0 spiro atoms. The van der Waals surface area contributed by atoms with Crippen molar-refractivity contribution in [2.75, 3.05) is 0 Å². The van der Waals surface area contributed by atoms with Crippen LogP contribution in [-0.2, 0) is 4.79 Å². The molecule has 24 heavy (non-hydrogen) atoms. The summed E-state index contributed by atoms with van der Waals surface area (Å²) in [5, 5.41) is 4.80. The lowest BCUT2D eigenvalue weighted by molar-refractivity contribution is -0.124. The first kappa shape index (κ1) is 19.5. The van der Waals surface area contributed by atoms with Crippen LogP contribution in [0.15, 0.2) is 36.4 Å². The van der Waals surface area contributed by atoms with Crippen molar-refractivity contribution in [3.05, 3.63) is 41.4 Å². The zero-order valence-corrected chi connectivity index (χ0v) is 16.2. The van der Waals surface area contributed by atoms with Gasteiger partial charge in [0.1, 0.15) is 5.75 Å². The Morgan fingerprint density at radius 3 is 2.33 bits per heavy atom. The highest BCUT2D eigenvalue weighted by Crippen LogP contribution is 2.36. The Hall–Kier alpha value is -0.870. The van der Waals surface area contributed by atoms with Crippen LogP contribution in [0.5, 0.6) is 5.75 Å². The SMILES string of the molecule is CC(C)CC(=O)NC(Oc1ccc(Cl)c2ccccc12)C(Cl)(Cl)Cl. The second-order valence-electron chi connectivity index (χ2n) is 5.80. The van der Waals surface area contributed by atoms with Gasteiger partial charge in [-0.3, -0.25) is 4.79 Å². The van der Waals surface area contributed by atoms with Crippen molar-refractivity contribution in [1.29, 1.82) is 0 Å². The molecule has 0 aromatic heterocycles. The Bertz CT molecular complexity index is 728. The smallest absolute Gasteiger partial charge is 0.246 e. The first-order valence-corrected chi connectivity index (χ1v) is 8.89. The second kappa shape index (κ2) is 8.01. The molecule has 0 aliphatic carbocycles. The molecule has 0 saturated heterocycles. The van der Waals surface area contributed by atoms with Crippen LogP contribution in [0.3, 0.4) is 0 Å². The molecule has 0 heterocycles. The van der Waals surface area contributed by atoms with Crippen molar-refractivity contribution < 1.29 is 9.53 Å². The van der Waals surface area contributed by atoms with Crippen molar-refractivity contribution in [3.8, 4) is 5.75 Å². The highest BCUT2D eigenvalue weighted by atomic mass is 35.6. The molecule has 1 unspecified atom stereocenters. The summed E-state index contributed by atoms with van der Waals surface area (Å²) < 4.78 is 3.99. The zero-order chi connectivity index (χ0) is 17.9. The van der Waals surface area contributed by atoms with Gasteiger partial charge in [0.2, 0.25) is 15.9 Å². The average Bonchev–Trinajstić information content (AvgIpc) is 2.47. The largest absolute Gasteiger partial charge is 0.465 e. The van der Waals surface area contributed by atoms with Gasteiger partial charge < -0.3 is 10.1 Å². The molecule has 0 aliphatic rings. The predicted octanol–water partition coefficient (Wildman–Crippen LogP) is 5.73. The summed E-state index contributed by atoms with van der Waals surface area (Å²) in [7, 11) is 0. The fourth-order valence-electron chi connectivity index (χ4n) is 2.22. The molecule has 1 N–H and O–H groups in total. The topological polar surface area (TPSA) is 38.3 Å². The van der Waals surface area contributed by atoms with Gasteiger partial charge in [0.25, 0.3) is 0 Å². The van der Waals surface area contributed by atoms with Gasteiger partial charge in [0.05, 0.1) is 0 Å². The van der Waals surface area contributed by atoms with E-state index in [1.54, 1.807) is 12.1 Å². The molecule has 2 aromatic carbocycles. The first-order valence-electron chi connectivity index (χ1n) is 7.38. The van der Waals surface area contributed by atoms with Gasteiger partial charge in [0, 0.05) is 22.2 Å². The lowest BCUT2D eigenvalue weighted by Crippen LogP contribution is -2.48. The number of ether oxygens (including phenoxy) is 1. The monoisotopic (exact) mass is 407 g/mol. The summed E-state index contributed by atoms with van der Waals surface area (Å²) in [6.07, 6.45) is -0.819. The van der Waals surface area contributed by atoms with Gasteiger partial charge in [-0.15, -0.1) is 0 Å². The molecule has 0 fully saturated rings. The highest BCUT2D eigenvalue weighted by Gasteiger charge is 2.36. The minimum atomic E-state index is -1.83. The molecule has 0 aliphatic heterocycles. The summed E-state index contributed by atoms with van der Waals surface area (Å²) in [4.78, 5) is 12.0. The molecule has 0 bridgehead atoms. The third-order valence-electron chi connectivity index (χ3n) is 3.26. The van der Waals surface area contributed by atoms with Crippen molar-refractivity contribution >= 4 is 63.1 Å². The molecule has 3 nitrogen and oxygen atoms in total. The number of hydrogen-bond acceptors (Lipinski definition) is 2. The number of carbonyl (C=O) groups excluding carboxylic acids is 1. The molecule has 0 saturated carbocycles.